The minimum Gasteiger partial charge on any atom is -0.383 e. The van der Waals surface area contributed by atoms with Gasteiger partial charge in [-0.25, -0.2) is 0 Å². The van der Waals surface area contributed by atoms with Gasteiger partial charge in [-0.2, -0.15) is 0 Å². The lowest BCUT2D eigenvalue weighted by Crippen LogP contribution is -2.40. The maximum atomic E-state index is 11.9. The number of hydrogen-bond donors (Lipinski definition) is 1. The van der Waals surface area contributed by atoms with E-state index in [4.69, 9.17) is 10.5 Å². The van der Waals surface area contributed by atoms with Gasteiger partial charge in [0.1, 0.15) is 0 Å². The molecule has 4 nitrogen and oxygen atoms in total. The monoisotopic (exact) mass is 216 g/mol. The molecule has 2 atom stereocenters. The van der Waals surface area contributed by atoms with E-state index in [1.807, 2.05) is 20.9 Å². The summed E-state index contributed by atoms with van der Waals surface area (Å²) in [6.45, 7) is 5.16. The lowest BCUT2D eigenvalue weighted by atomic mass is 10.0. The van der Waals surface area contributed by atoms with E-state index in [1.165, 1.54) is 0 Å². The third-order valence-corrected chi connectivity index (χ3v) is 2.68. The first kappa shape index (κ1) is 14.4. The molecule has 0 saturated heterocycles. The summed E-state index contributed by atoms with van der Waals surface area (Å²) in [5.41, 5.74) is 5.42. The van der Waals surface area contributed by atoms with Crippen LogP contribution in [0.4, 0.5) is 0 Å². The Hall–Kier alpha value is -0.610. The van der Waals surface area contributed by atoms with Crippen LogP contribution in [0.25, 0.3) is 0 Å². The van der Waals surface area contributed by atoms with Crippen molar-refractivity contribution < 1.29 is 9.53 Å². The summed E-state index contributed by atoms with van der Waals surface area (Å²) < 4.78 is 5.02. The Morgan fingerprint density at radius 2 is 2.07 bits per heavy atom. The van der Waals surface area contributed by atoms with Crippen LogP contribution in [0.3, 0.4) is 0 Å². The number of amides is 1. The summed E-state index contributed by atoms with van der Waals surface area (Å²) in [7, 11) is 3.47. The fraction of sp³-hybridized carbons (Fsp3) is 0.909. The molecule has 0 aromatic rings. The van der Waals surface area contributed by atoms with Crippen molar-refractivity contribution in [2.75, 3.05) is 27.3 Å². The van der Waals surface area contributed by atoms with Crippen LogP contribution in [0.1, 0.15) is 26.7 Å². The van der Waals surface area contributed by atoms with E-state index in [2.05, 4.69) is 0 Å². The molecule has 0 bridgehead atoms. The molecule has 0 rings (SSSR count). The number of nitrogens with two attached hydrogens (primary N) is 1. The zero-order chi connectivity index (χ0) is 11.8. The molecule has 4 heteroatoms. The number of carbonyl (C=O) groups excluding carboxylic acids is 1. The molecule has 0 aliphatic heterocycles. The van der Waals surface area contributed by atoms with Crippen molar-refractivity contribution in [3.05, 3.63) is 0 Å². The highest BCUT2D eigenvalue weighted by Gasteiger charge is 2.20. The minimum atomic E-state index is 0.0536. The zero-order valence-corrected chi connectivity index (χ0v) is 10.3. The molecule has 0 heterocycles. The van der Waals surface area contributed by atoms with E-state index in [1.54, 1.807) is 12.0 Å². The fourth-order valence-corrected chi connectivity index (χ4v) is 1.47. The van der Waals surface area contributed by atoms with Gasteiger partial charge < -0.3 is 15.4 Å². The Morgan fingerprint density at radius 3 is 2.53 bits per heavy atom. The fourth-order valence-electron chi connectivity index (χ4n) is 1.47. The molecule has 0 aromatic carbocycles. The standard InChI is InChI=1S/C11H24N2O2/c1-9(6-5-7-12)11(14)13(3)10(2)8-15-4/h9-10H,5-8,12H2,1-4H3. The molecule has 0 saturated carbocycles. The highest BCUT2D eigenvalue weighted by atomic mass is 16.5. The number of rotatable bonds is 7. The summed E-state index contributed by atoms with van der Waals surface area (Å²) in [4.78, 5) is 13.6. The molecular formula is C11H24N2O2. The van der Waals surface area contributed by atoms with Gasteiger partial charge in [-0.1, -0.05) is 6.92 Å². The zero-order valence-electron chi connectivity index (χ0n) is 10.3. The van der Waals surface area contributed by atoms with Crippen LogP contribution in [0, 0.1) is 5.92 Å². The summed E-state index contributed by atoms with van der Waals surface area (Å²) >= 11 is 0. The van der Waals surface area contributed by atoms with Crippen LogP contribution < -0.4 is 5.73 Å². The molecule has 0 spiro atoms. The van der Waals surface area contributed by atoms with Gasteiger partial charge in [-0.15, -0.1) is 0 Å². The molecule has 0 aliphatic carbocycles. The van der Waals surface area contributed by atoms with Crippen molar-refractivity contribution >= 4 is 5.91 Å². The maximum absolute atomic E-state index is 11.9. The van der Waals surface area contributed by atoms with Crippen LogP contribution in [0.2, 0.25) is 0 Å². The Labute approximate surface area is 92.8 Å². The van der Waals surface area contributed by atoms with Crippen molar-refractivity contribution in [3.63, 3.8) is 0 Å². The van der Waals surface area contributed by atoms with Gasteiger partial charge in [-0.05, 0) is 26.3 Å². The lowest BCUT2D eigenvalue weighted by Gasteiger charge is -2.27. The van der Waals surface area contributed by atoms with E-state index in [9.17, 15) is 4.79 Å². The molecule has 2 N–H and O–H groups in total. The minimum absolute atomic E-state index is 0.0536. The number of nitrogens with zero attached hydrogens (tertiary/aromatic N) is 1. The summed E-state index contributed by atoms with van der Waals surface area (Å²) in [6.07, 6.45) is 1.76. The molecule has 1 amide bonds. The second-order valence-electron chi connectivity index (χ2n) is 4.09. The van der Waals surface area contributed by atoms with Crippen LogP contribution in [-0.4, -0.2) is 44.2 Å². The van der Waals surface area contributed by atoms with Gasteiger partial charge in [0, 0.05) is 20.1 Å². The topological polar surface area (TPSA) is 55.6 Å². The van der Waals surface area contributed by atoms with E-state index in [0.29, 0.717) is 13.2 Å². The van der Waals surface area contributed by atoms with E-state index >= 15 is 0 Å². The van der Waals surface area contributed by atoms with Gasteiger partial charge in [-0.3, -0.25) is 4.79 Å². The SMILES string of the molecule is COCC(C)N(C)C(=O)C(C)CCCN. The second-order valence-corrected chi connectivity index (χ2v) is 4.09. The van der Waals surface area contributed by atoms with Gasteiger partial charge in [0.15, 0.2) is 0 Å². The highest BCUT2D eigenvalue weighted by molar-refractivity contribution is 5.78. The van der Waals surface area contributed by atoms with E-state index in [-0.39, 0.29) is 17.9 Å². The summed E-state index contributed by atoms with van der Waals surface area (Å²) in [5.74, 6) is 0.228. The molecule has 90 valence electrons. The summed E-state index contributed by atoms with van der Waals surface area (Å²) in [6, 6.07) is 0.128. The van der Waals surface area contributed by atoms with Gasteiger partial charge in [0.25, 0.3) is 0 Å². The Kier molecular flexibility index (Phi) is 7.34. The average molecular weight is 216 g/mol. The van der Waals surface area contributed by atoms with Crippen LogP contribution in [0.15, 0.2) is 0 Å². The number of hydrogen-bond acceptors (Lipinski definition) is 3. The van der Waals surface area contributed by atoms with E-state index in [0.717, 1.165) is 12.8 Å². The predicted molar refractivity (Wildman–Crippen MR) is 61.6 cm³/mol. The highest BCUT2D eigenvalue weighted by Crippen LogP contribution is 2.10. The Balaban J connectivity index is 4.05. The number of likely N-dealkylation sites (N-methyl/N-ethyl adjacent to an activating group) is 1. The van der Waals surface area contributed by atoms with Gasteiger partial charge >= 0.3 is 0 Å². The molecule has 0 aliphatic rings. The van der Waals surface area contributed by atoms with Crippen molar-refractivity contribution in [1.82, 2.24) is 4.90 Å². The largest absolute Gasteiger partial charge is 0.383 e. The Bertz CT molecular complexity index is 185. The number of methoxy groups -OCH3 is 1. The third kappa shape index (κ3) is 5.14. The van der Waals surface area contributed by atoms with Crippen molar-refractivity contribution in [2.24, 2.45) is 11.7 Å². The average Bonchev–Trinajstić information content (AvgIpc) is 2.24. The molecule has 0 fully saturated rings. The van der Waals surface area contributed by atoms with Gasteiger partial charge in [0.2, 0.25) is 5.91 Å². The van der Waals surface area contributed by atoms with Crippen molar-refractivity contribution in [2.45, 2.75) is 32.7 Å². The second kappa shape index (κ2) is 7.65. The van der Waals surface area contributed by atoms with Crippen LogP contribution in [-0.2, 0) is 9.53 Å². The quantitative estimate of drug-likeness (QED) is 0.686. The number of ether oxygens (including phenoxy) is 1. The van der Waals surface area contributed by atoms with Crippen LogP contribution >= 0.6 is 0 Å². The molecule has 0 aromatic heterocycles. The first-order valence-corrected chi connectivity index (χ1v) is 5.50. The molecule has 15 heavy (non-hydrogen) atoms. The predicted octanol–water partition coefficient (Wildman–Crippen LogP) is 0.855. The van der Waals surface area contributed by atoms with Crippen molar-refractivity contribution in [1.29, 1.82) is 0 Å². The normalized spacial score (nSPS) is 14.7. The summed E-state index contributed by atoms with van der Waals surface area (Å²) in [5, 5.41) is 0. The molecule has 2 unspecified atom stereocenters. The number of carbonyl (C=O) groups is 1. The van der Waals surface area contributed by atoms with Crippen molar-refractivity contribution in [3.8, 4) is 0 Å². The third-order valence-electron chi connectivity index (χ3n) is 2.68. The first-order valence-electron chi connectivity index (χ1n) is 5.50. The molecule has 0 radical (unpaired) electrons. The van der Waals surface area contributed by atoms with Gasteiger partial charge in [0.05, 0.1) is 12.6 Å². The lowest BCUT2D eigenvalue weighted by molar-refractivity contribution is -0.136. The first-order chi connectivity index (χ1) is 7.04. The smallest absolute Gasteiger partial charge is 0.225 e. The maximum Gasteiger partial charge on any atom is 0.225 e. The van der Waals surface area contributed by atoms with Crippen LogP contribution in [0.5, 0.6) is 0 Å². The molecular weight excluding hydrogens is 192 g/mol. The van der Waals surface area contributed by atoms with E-state index < -0.39 is 0 Å². The Morgan fingerprint density at radius 1 is 1.47 bits per heavy atom.